The quantitative estimate of drug-likeness (QED) is 0.286. The van der Waals surface area contributed by atoms with E-state index >= 15 is 0 Å². The molecule has 0 aliphatic carbocycles. The highest BCUT2D eigenvalue weighted by atomic mass is 31.2. The summed E-state index contributed by atoms with van der Waals surface area (Å²) in [6.45, 7) is 3.24. The van der Waals surface area contributed by atoms with Gasteiger partial charge in [-0.2, -0.15) is 0 Å². The summed E-state index contributed by atoms with van der Waals surface area (Å²) >= 11 is 0. The number of nitrogens with one attached hydrogen (secondary N) is 1. The predicted molar refractivity (Wildman–Crippen MR) is 92.5 cm³/mol. The zero-order valence-electron chi connectivity index (χ0n) is 14.1. The first kappa shape index (κ1) is 19.8. The third-order valence-corrected chi connectivity index (χ3v) is 4.52. The van der Waals surface area contributed by atoms with Crippen molar-refractivity contribution in [2.75, 3.05) is 18.5 Å². The highest BCUT2D eigenvalue weighted by molar-refractivity contribution is 7.46. The van der Waals surface area contributed by atoms with E-state index in [1.165, 1.54) is 18.7 Å². The molecule has 0 saturated carbocycles. The fourth-order valence-electron chi connectivity index (χ4n) is 2.68. The first-order valence-electron chi connectivity index (χ1n) is 8.04. The number of hydrogen-bond acceptors (Lipinski definition) is 9. The van der Waals surface area contributed by atoms with Gasteiger partial charge >= 0.3 is 7.82 Å². The van der Waals surface area contributed by atoms with Crippen LogP contribution in [0, 0.1) is 0 Å². The van der Waals surface area contributed by atoms with Gasteiger partial charge in [-0.05, 0) is 0 Å². The molecule has 0 unspecified atom stereocenters. The van der Waals surface area contributed by atoms with Crippen molar-refractivity contribution in [3.63, 3.8) is 0 Å². The minimum Gasteiger partial charge on any atom is -0.390 e. The molecule has 2 aromatic rings. The molecule has 1 aliphatic rings. The van der Waals surface area contributed by atoms with E-state index in [0.29, 0.717) is 17.0 Å². The molecular formula is C14H20N5O7P. The van der Waals surface area contributed by atoms with Gasteiger partial charge < -0.3 is 30.1 Å². The third-order valence-electron chi connectivity index (χ3n) is 4.03. The normalized spacial score (nSPS) is 24.2. The zero-order chi connectivity index (χ0) is 19.6. The molecule has 27 heavy (non-hydrogen) atoms. The van der Waals surface area contributed by atoms with Crippen LogP contribution in [0.4, 0.5) is 5.82 Å². The second kappa shape index (κ2) is 7.98. The number of fused-ring (bicyclic) bond motifs is 1. The van der Waals surface area contributed by atoms with Crippen LogP contribution in [0.15, 0.2) is 25.3 Å². The first-order chi connectivity index (χ1) is 12.8. The van der Waals surface area contributed by atoms with Gasteiger partial charge in [-0.15, -0.1) is 6.58 Å². The molecule has 0 radical (unpaired) electrons. The summed E-state index contributed by atoms with van der Waals surface area (Å²) in [6.07, 6.45) is 1.08. The average Bonchev–Trinajstić information content (AvgIpc) is 3.20. The lowest BCUT2D eigenvalue weighted by molar-refractivity contribution is -0.0424. The Hall–Kier alpha value is -1.92. The Labute approximate surface area is 153 Å². The molecule has 1 fully saturated rings. The highest BCUT2D eigenvalue weighted by Crippen LogP contribution is 2.38. The number of aliphatic hydroxyl groups is 2. The summed E-state index contributed by atoms with van der Waals surface area (Å²) in [5.41, 5.74) is 0.885. The summed E-state index contributed by atoms with van der Waals surface area (Å²) in [5.74, 6) is 0.416. The van der Waals surface area contributed by atoms with Crippen LogP contribution in [0.5, 0.6) is 0 Å². The maximum atomic E-state index is 10.8. The van der Waals surface area contributed by atoms with Gasteiger partial charge in [-0.3, -0.25) is 9.09 Å². The SMILES string of the molecule is C=C[C@H](O)CNc1ncnc2c1ncn2[C@H]1C[C@H](O)[C@@H](COP(=O)(O)O)O1. The Bertz CT molecular complexity index is 855. The third kappa shape index (κ3) is 4.68. The minimum atomic E-state index is -4.66. The lowest BCUT2D eigenvalue weighted by atomic mass is 10.2. The lowest BCUT2D eigenvalue weighted by Crippen LogP contribution is -2.25. The number of hydrogen-bond donors (Lipinski definition) is 5. The molecule has 13 heteroatoms. The number of phosphoric ester groups is 1. The van der Waals surface area contributed by atoms with Crippen molar-refractivity contribution in [1.29, 1.82) is 0 Å². The van der Waals surface area contributed by atoms with Crippen molar-refractivity contribution in [3.05, 3.63) is 25.3 Å². The molecule has 0 spiro atoms. The summed E-state index contributed by atoms with van der Waals surface area (Å²) in [6, 6.07) is 0. The van der Waals surface area contributed by atoms with Gasteiger partial charge in [0, 0.05) is 13.0 Å². The number of phosphoric acid groups is 1. The smallest absolute Gasteiger partial charge is 0.390 e. The molecule has 3 heterocycles. The van der Waals surface area contributed by atoms with Crippen LogP contribution in [0.1, 0.15) is 12.6 Å². The van der Waals surface area contributed by atoms with Crippen LogP contribution in [0.25, 0.3) is 11.2 Å². The predicted octanol–water partition coefficient (Wildman–Crippen LogP) is -0.457. The summed E-state index contributed by atoms with van der Waals surface area (Å²) < 4.78 is 22.5. The molecule has 148 valence electrons. The molecule has 12 nitrogen and oxygen atoms in total. The lowest BCUT2D eigenvalue weighted by Gasteiger charge is -2.16. The fourth-order valence-corrected chi connectivity index (χ4v) is 3.02. The molecule has 2 aromatic heterocycles. The van der Waals surface area contributed by atoms with Crippen molar-refractivity contribution in [1.82, 2.24) is 19.5 Å². The van der Waals surface area contributed by atoms with E-state index in [9.17, 15) is 14.8 Å². The highest BCUT2D eigenvalue weighted by Gasteiger charge is 2.37. The van der Waals surface area contributed by atoms with Gasteiger partial charge in [-0.1, -0.05) is 6.08 Å². The Balaban J connectivity index is 1.76. The Morgan fingerprint density at radius 3 is 2.96 bits per heavy atom. The average molecular weight is 401 g/mol. The van der Waals surface area contributed by atoms with Gasteiger partial charge in [0.25, 0.3) is 0 Å². The Kier molecular flexibility index (Phi) is 5.86. The molecule has 0 amide bonds. The van der Waals surface area contributed by atoms with Crippen LogP contribution in [0.3, 0.4) is 0 Å². The van der Waals surface area contributed by atoms with Crippen molar-refractivity contribution in [2.45, 2.75) is 31.0 Å². The number of nitrogens with zero attached hydrogens (tertiary/aromatic N) is 4. The molecule has 1 aliphatic heterocycles. The molecule has 0 aromatic carbocycles. The minimum absolute atomic E-state index is 0.169. The molecule has 0 bridgehead atoms. The van der Waals surface area contributed by atoms with E-state index in [0.717, 1.165) is 0 Å². The maximum absolute atomic E-state index is 10.8. The topological polar surface area (TPSA) is 172 Å². The van der Waals surface area contributed by atoms with Crippen LogP contribution in [-0.2, 0) is 13.8 Å². The Morgan fingerprint density at radius 1 is 1.48 bits per heavy atom. The Morgan fingerprint density at radius 2 is 2.26 bits per heavy atom. The van der Waals surface area contributed by atoms with E-state index in [4.69, 9.17) is 14.5 Å². The molecule has 1 saturated heterocycles. The molecule has 5 N–H and O–H groups in total. The van der Waals surface area contributed by atoms with E-state index in [2.05, 4.69) is 31.4 Å². The first-order valence-corrected chi connectivity index (χ1v) is 9.57. The van der Waals surface area contributed by atoms with Crippen molar-refractivity contribution >= 4 is 24.8 Å². The van der Waals surface area contributed by atoms with E-state index in [-0.39, 0.29) is 13.0 Å². The van der Waals surface area contributed by atoms with Gasteiger partial charge in [0.05, 0.1) is 25.1 Å². The monoisotopic (exact) mass is 401 g/mol. The van der Waals surface area contributed by atoms with Gasteiger partial charge in [0.15, 0.2) is 17.0 Å². The number of imidazole rings is 1. The number of ether oxygens (including phenoxy) is 1. The molecular weight excluding hydrogens is 381 g/mol. The zero-order valence-corrected chi connectivity index (χ0v) is 15.0. The second-order valence-corrected chi connectivity index (χ2v) is 7.19. The van der Waals surface area contributed by atoms with Crippen LogP contribution in [-0.4, -0.2) is 71.0 Å². The maximum Gasteiger partial charge on any atom is 0.469 e. The number of rotatable bonds is 8. The van der Waals surface area contributed by atoms with E-state index in [1.54, 1.807) is 4.57 Å². The fraction of sp³-hybridized carbons (Fsp3) is 0.500. The standard InChI is InChI=1S/C14H20N5O7P/c1-2-8(20)4-15-13-12-14(17-6-16-13)19(7-18-12)11-3-9(21)10(26-11)5-25-27(22,23)24/h2,6-11,20-21H,1,3-5H2,(H,15,16,17)(H2,22,23,24)/t8-,9-,10+,11+/m0/s1. The van der Waals surface area contributed by atoms with Gasteiger partial charge in [0.1, 0.15) is 18.7 Å². The second-order valence-electron chi connectivity index (χ2n) is 5.95. The molecule has 3 rings (SSSR count). The van der Waals surface area contributed by atoms with Gasteiger partial charge in [-0.25, -0.2) is 19.5 Å². The number of aromatic nitrogens is 4. The summed E-state index contributed by atoms with van der Waals surface area (Å²) in [5, 5.41) is 22.6. The van der Waals surface area contributed by atoms with Crippen molar-refractivity contribution in [2.24, 2.45) is 0 Å². The van der Waals surface area contributed by atoms with Crippen LogP contribution >= 0.6 is 7.82 Å². The number of aliphatic hydroxyl groups excluding tert-OH is 2. The van der Waals surface area contributed by atoms with Crippen LogP contribution < -0.4 is 5.32 Å². The summed E-state index contributed by atoms with van der Waals surface area (Å²) in [4.78, 5) is 30.1. The van der Waals surface area contributed by atoms with E-state index in [1.807, 2.05) is 0 Å². The van der Waals surface area contributed by atoms with Crippen molar-refractivity contribution in [3.8, 4) is 0 Å². The van der Waals surface area contributed by atoms with Gasteiger partial charge in [0.2, 0.25) is 0 Å². The van der Waals surface area contributed by atoms with Crippen LogP contribution in [0.2, 0.25) is 0 Å². The number of anilines is 1. The summed E-state index contributed by atoms with van der Waals surface area (Å²) in [7, 11) is -4.66. The largest absolute Gasteiger partial charge is 0.469 e. The van der Waals surface area contributed by atoms with E-state index < -0.39 is 39.0 Å². The molecule has 4 atom stereocenters. The van der Waals surface area contributed by atoms with Crippen molar-refractivity contribution < 1.29 is 33.8 Å².